The maximum absolute atomic E-state index is 12.5. The van der Waals surface area contributed by atoms with Crippen LogP contribution in [0.3, 0.4) is 0 Å². The minimum absolute atomic E-state index is 0.378. The number of hydrogen-bond donors (Lipinski definition) is 0. The average Bonchev–Trinajstić information content (AvgIpc) is 2.84. The van der Waals surface area contributed by atoms with Crippen molar-refractivity contribution in [3.05, 3.63) is 46.9 Å². The lowest BCUT2D eigenvalue weighted by atomic mass is 10.1. The van der Waals surface area contributed by atoms with Crippen LogP contribution in [0.4, 0.5) is 0 Å². The second-order valence-corrected chi connectivity index (χ2v) is 8.71. The molecule has 0 aromatic heterocycles. The molecular formula is C24H28O9S. The topological polar surface area (TPSA) is 107 Å². The Hall–Kier alpha value is -3.66. The Morgan fingerprint density at radius 1 is 0.676 bits per heavy atom. The van der Waals surface area contributed by atoms with Gasteiger partial charge < -0.3 is 28.4 Å². The van der Waals surface area contributed by atoms with Gasteiger partial charge in [-0.25, -0.2) is 8.42 Å². The third kappa shape index (κ3) is 6.67. The fraction of sp³-hybridized carbons (Fsp3) is 0.292. The summed E-state index contributed by atoms with van der Waals surface area (Å²) in [5.41, 5.74) is 1.08. The van der Waals surface area contributed by atoms with Gasteiger partial charge in [0.2, 0.25) is 11.5 Å². The van der Waals surface area contributed by atoms with Crippen molar-refractivity contribution in [2.24, 2.45) is 0 Å². The zero-order chi connectivity index (χ0) is 25.3. The highest BCUT2D eigenvalue weighted by Crippen LogP contribution is 2.39. The number of methoxy groups -OCH3 is 6. The highest BCUT2D eigenvalue weighted by Gasteiger charge is 2.15. The molecule has 34 heavy (non-hydrogen) atoms. The lowest BCUT2D eigenvalue weighted by Crippen LogP contribution is -2.11. The van der Waals surface area contributed by atoms with Crippen LogP contribution in [0.15, 0.2) is 35.7 Å². The monoisotopic (exact) mass is 492 g/mol. The molecule has 0 bridgehead atoms. The van der Waals surface area contributed by atoms with Gasteiger partial charge in [0.15, 0.2) is 38.6 Å². The van der Waals surface area contributed by atoms with E-state index in [1.807, 2.05) is 0 Å². The third-order valence-corrected chi connectivity index (χ3v) is 5.88. The minimum Gasteiger partial charge on any atom is -0.493 e. The van der Waals surface area contributed by atoms with Gasteiger partial charge in [0, 0.05) is 5.41 Å². The van der Waals surface area contributed by atoms with Gasteiger partial charge in [-0.2, -0.15) is 0 Å². The maximum atomic E-state index is 12.5. The van der Waals surface area contributed by atoms with Crippen LogP contribution in [0, 0.1) is 0 Å². The number of ether oxygens (including phenoxy) is 6. The first-order valence-corrected chi connectivity index (χ1v) is 11.6. The number of ketones is 1. The molecule has 184 valence electrons. The van der Waals surface area contributed by atoms with Gasteiger partial charge in [-0.05, 0) is 47.5 Å². The molecule has 2 aromatic rings. The summed E-state index contributed by atoms with van der Waals surface area (Å²) in [4.78, 5) is 12.3. The van der Waals surface area contributed by atoms with Crippen LogP contribution >= 0.6 is 0 Å². The Bertz CT molecular complexity index is 1130. The summed E-state index contributed by atoms with van der Waals surface area (Å²) in [7, 11) is 4.98. The number of carbonyl (C=O) groups excluding carboxylic acids is 1. The Labute approximate surface area is 199 Å². The lowest BCUT2D eigenvalue weighted by Gasteiger charge is -2.12. The standard InChI is InChI=1S/C24H28O9S/c1-28-19-11-16(12-20(29-2)23(19)32-5)7-8-18(25)15-34(26,27)10-9-17-13-21(30-3)24(33-6)22(14-17)31-4/h7-14H,15H2,1-6H3/b8-7+,10-9-. The minimum atomic E-state index is -3.84. The fourth-order valence-corrected chi connectivity index (χ4v) is 4.01. The summed E-state index contributed by atoms with van der Waals surface area (Å²) >= 11 is 0. The molecule has 2 aromatic carbocycles. The van der Waals surface area contributed by atoms with Gasteiger partial charge >= 0.3 is 0 Å². The van der Waals surface area contributed by atoms with E-state index in [1.165, 1.54) is 60.9 Å². The molecule has 0 saturated carbocycles. The first-order valence-electron chi connectivity index (χ1n) is 9.93. The van der Waals surface area contributed by atoms with Gasteiger partial charge in [-0.3, -0.25) is 4.79 Å². The van der Waals surface area contributed by atoms with Crippen molar-refractivity contribution < 1.29 is 41.6 Å². The Morgan fingerprint density at radius 2 is 1.06 bits per heavy atom. The summed E-state index contributed by atoms with van der Waals surface area (Å²) < 4.78 is 56.5. The maximum Gasteiger partial charge on any atom is 0.203 e. The molecule has 0 spiro atoms. The van der Waals surface area contributed by atoms with Crippen LogP contribution < -0.4 is 28.4 Å². The van der Waals surface area contributed by atoms with Gasteiger partial charge in [0.25, 0.3) is 0 Å². The van der Waals surface area contributed by atoms with Gasteiger partial charge in [0.05, 0.1) is 42.7 Å². The summed E-state index contributed by atoms with van der Waals surface area (Å²) in [6.07, 6.45) is 4.02. The van der Waals surface area contributed by atoms with Crippen molar-refractivity contribution in [2.75, 3.05) is 48.4 Å². The molecule has 9 nitrogen and oxygen atoms in total. The van der Waals surface area contributed by atoms with Crippen LogP contribution in [-0.2, 0) is 14.6 Å². The quantitative estimate of drug-likeness (QED) is 0.412. The van der Waals surface area contributed by atoms with E-state index in [0.717, 1.165) is 5.41 Å². The van der Waals surface area contributed by atoms with Crippen molar-refractivity contribution in [2.45, 2.75) is 0 Å². The highest BCUT2D eigenvalue weighted by molar-refractivity contribution is 7.95. The Kier molecular flexibility index (Phi) is 9.37. The molecule has 0 unspecified atom stereocenters. The zero-order valence-corrected chi connectivity index (χ0v) is 20.7. The smallest absolute Gasteiger partial charge is 0.203 e. The highest BCUT2D eigenvalue weighted by atomic mass is 32.2. The van der Waals surface area contributed by atoms with E-state index in [9.17, 15) is 13.2 Å². The van der Waals surface area contributed by atoms with Crippen molar-refractivity contribution in [3.8, 4) is 34.5 Å². The van der Waals surface area contributed by atoms with Crippen molar-refractivity contribution in [3.63, 3.8) is 0 Å². The fourth-order valence-electron chi connectivity index (χ4n) is 3.06. The number of rotatable bonds is 12. The summed E-state index contributed by atoms with van der Waals surface area (Å²) in [5.74, 6) is 1.08. The largest absolute Gasteiger partial charge is 0.493 e. The molecule has 0 radical (unpaired) electrons. The molecule has 0 atom stereocenters. The molecule has 0 aliphatic rings. The van der Waals surface area contributed by atoms with Crippen LogP contribution in [0.1, 0.15) is 11.1 Å². The van der Waals surface area contributed by atoms with E-state index in [2.05, 4.69) is 0 Å². The first-order chi connectivity index (χ1) is 16.2. The number of benzene rings is 2. The first kappa shape index (κ1) is 26.6. The molecule has 0 aliphatic carbocycles. The Balaban J connectivity index is 2.19. The van der Waals surface area contributed by atoms with E-state index in [-0.39, 0.29) is 0 Å². The van der Waals surface area contributed by atoms with E-state index in [0.29, 0.717) is 45.6 Å². The van der Waals surface area contributed by atoms with E-state index in [1.54, 1.807) is 24.3 Å². The molecule has 2 rings (SSSR count). The molecule has 0 fully saturated rings. The predicted octanol–water partition coefficient (Wildman–Crippen LogP) is 3.41. The summed E-state index contributed by atoms with van der Waals surface area (Å²) in [6.45, 7) is 0. The van der Waals surface area contributed by atoms with Crippen LogP contribution in [-0.4, -0.2) is 62.6 Å². The normalized spacial score (nSPS) is 11.5. The molecular weight excluding hydrogens is 464 g/mol. The number of sulfone groups is 1. The van der Waals surface area contributed by atoms with Crippen LogP contribution in [0.2, 0.25) is 0 Å². The molecule has 0 aliphatic heterocycles. The van der Waals surface area contributed by atoms with Gasteiger partial charge in [-0.15, -0.1) is 0 Å². The second-order valence-electron chi connectivity index (χ2n) is 6.83. The van der Waals surface area contributed by atoms with Crippen molar-refractivity contribution in [1.29, 1.82) is 0 Å². The molecule has 0 N–H and O–H groups in total. The third-order valence-electron chi connectivity index (χ3n) is 4.65. The van der Waals surface area contributed by atoms with E-state index in [4.69, 9.17) is 28.4 Å². The van der Waals surface area contributed by atoms with E-state index >= 15 is 0 Å². The molecule has 10 heteroatoms. The number of hydrogen-bond acceptors (Lipinski definition) is 9. The summed E-state index contributed by atoms with van der Waals surface area (Å²) in [5, 5.41) is 0.971. The Morgan fingerprint density at radius 3 is 1.41 bits per heavy atom. The SMILES string of the molecule is COc1cc(/C=C\S(=O)(=O)CC(=O)/C=C/c2cc(OC)c(OC)c(OC)c2)cc(OC)c1OC. The van der Waals surface area contributed by atoms with Crippen molar-refractivity contribution in [1.82, 2.24) is 0 Å². The molecule has 0 heterocycles. The van der Waals surface area contributed by atoms with Gasteiger partial charge in [0.1, 0.15) is 5.75 Å². The number of carbonyl (C=O) groups is 1. The van der Waals surface area contributed by atoms with E-state index < -0.39 is 21.4 Å². The lowest BCUT2D eigenvalue weighted by molar-refractivity contribution is -0.112. The zero-order valence-electron chi connectivity index (χ0n) is 19.9. The average molecular weight is 493 g/mol. The predicted molar refractivity (Wildman–Crippen MR) is 129 cm³/mol. The number of allylic oxidation sites excluding steroid dienone is 1. The van der Waals surface area contributed by atoms with Crippen LogP contribution in [0.5, 0.6) is 34.5 Å². The summed E-state index contributed by atoms with van der Waals surface area (Å²) in [6, 6.07) is 6.48. The molecule has 0 saturated heterocycles. The van der Waals surface area contributed by atoms with Crippen molar-refractivity contribution >= 4 is 27.8 Å². The van der Waals surface area contributed by atoms with Crippen LogP contribution in [0.25, 0.3) is 12.2 Å². The molecule has 0 amide bonds. The second kappa shape index (κ2) is 12.0. The van der Waals surface area contributed by atoms with Gasteiger partial charge in [-0.1, -0.05) is 6.08 Å².